The highest BCUT2D eigenvalue weighted by Gasteiger charge is 2.23. The fraction of sp³-hybridized carbons (Fsp3) is 0.500. The van der Waals surface area contributed by atoms with Crippen LogP contribution in [0.15, 0.2) is 18.2 Å². The molecule has 2 unspecified atom stereocenters. The van der Waals surface area contributed by atoms with E-state index in [1.807, 2.05) is 19.2 Å². The zero-order valence-corrected chi connectivity index (χ0v) is 11.8. The van der Waals surface area contributed by atoms with Crippen LogP contribution in [0.5, 0.6) is 0 Å². The molecule has 6 heteroatoms. The van der Waals surface area contributed by atoms with Gasteiger partial charge in [0.2, 0.25) is 0 Å². The predicted octanol–water partition coefficient (Wildman–Crippen LogP) is 0.696. The van der Waals surface area contributed by atoms with Gasteiger partial charge in [-0.05, 0) is 43.6 Å². The number of hydrogen-bond acceptors (Lipinski definition) is 4. The average molecular weight is 273 g/mol. The van der Waals surface area contributed by atoms with E-state index in [-0.39, 0.29) is 11.9 Å². The van der Waals surface area contributed by atoms with Crippen molar-refractivity contribution in [3.8, 4) is 0 Å². The summed E-state index contributed by atoms with van der Waals surface area (Å²) >= 11 is 0. The number of piperidine rings is 1. The number of benzene rings is 1. The van der Waals surface area contributed by atoms with Crippen LogP contribution in [0.2, 0.25) is 0 Å². The number of nitrogens with one attached hydrogen (secondary N) is 2. The molecule has 20 heavy (non-hydrogen) atoms. The lowest BCUT2D eigenvalue weighted by molar-refractivity contribution is 0.0914. The Morgan fingerprint density at radius 2 is 2.35 bits per heavy atom. The second-order valence-corrected chi connectivity index (χ2v) is 5.47. The highest BCUT2D eigenvalue weighted by molar-refractivity contribution is 5.97. The van der Waals surface area contributed by atoms with E-state index in [0.717, 1.165) is 30.5 Å². The molecule has 106 valence electrons. The van der Waals surface area contributed by atoms with Gasteiger partial charge in [0.25, 0.3) is 5.91 Å². The number of carbonyl (C=O) groups is 1. The number of carbonyl (C=O) groups excluding carboxylic acids is 1. The second kappa shape index (κ2) is 5.20. The zero-order chi connectivity index (χ0) is 14.1. The molecule has 2 heterocycles. The molecule has 6 nitrogen and oxygen atoms in total. The fourth-order valence-corrected chi connectivity index (χ4v) is 2.66. The number of amides is 1. The Morgan fingerprint density at radius 3 is 3.15 bits per heavy atom. The van der Waals surface area contributed by atoms with Gasteiger partial charge in [0.05, 0.1) is 5.52 Å². The highest BCUT2D eigenvalue weighted by atomic mass is 16.1. The van der Waals surface area contributed by atoms with E-state index in [4.69, 9.17) is 0 Å². The third-order valence-corrected chi connectivity index (χ3v) is 3.97. The van der Waals surface area contributed by atoms with Crippen molar-refractivity contribution in [3.05, 3.63) is 23.8 Å². The number of aromatic nitrogens is 3. The molecular weight excluding hydrogens is 254 g/mol. The number of nitrogens with zero attached hydrogens (tertiary/aromatic N) is 3. The molecule has 1 fully saturated rings. The molecule has 2 N–H and O–H groups in total. The summed E-state index contributed by atoms with van der Waals surface area (Å²) in [5.74, 6) is 0.421. The van der Waals surface area contributed by atoms with Crippen molar-refractivity contribution in [3.63, 3.8) is 0 Å². The molecule has 0 bridgehead atoms. The van der Waals surface area contributed by atoms with Gasteiger partial charge in [0, 0.05) is 18.7 Å². The Labute approximate surface area is 117 Å². The molecule has 1 aromatic heterocycles. The van der Waals surface area contributed by atoms with Gasteiger partial charge in [-0.2, -0.15) is 0 Å². The molecule has 0 saturated carbocycles. The number of aryl methyl sites for hydroxylation is 1. The lowest BCUT2D eigenvalue weighted by Gasteiger charge is -2.30. The Morgan fingerprint density at radius 1 is 1.50 bits per heavy atom. The molecule has 3 rings (SSSR count). The van der Waals surface area contributed by atoms with Gasteiger partial charge in [-0.25, -0.2) is 4.68 Å². The smallest absolute Gasteiger partial charge is 0.251 e. The van der Waals surface area contributed by atoms with Crippen LogP contribution in [0.1, 0.15) is 23.7 Å². The monoisotopic (exact) mass is 273 g/mol. The molecule has 1 saturated heterocycles. The van der Waals surface area contributed by atoms with Crippen molar-refractivity contribution in [1.29, 1.82) is 0 Å². The number of fused-ring (bicyclic) bond motifs is 1. The highest BCUT2D eigenvalue weighted by Crippen LogP contribution is 2.15. The predicted molar refractivity (Wildman–Crippen MR) is 76.4 cm³/mol. The standard InChI is InChI=1S/C14H19N5O/c1-9-8-15-6-5-11(9)16-14(20)10-3-4-13-12(7-10)17-18-19(13)2/h3-4,7,9,11,15H,5-6,8H2,1-2H3,(H,16,20). The molecule has 1 aromatic carbocycles. The van der Waals surface area contributed by atoms with E-state index in [1.165, 1.54) is 0 Å². The van der Waals surface area contributed by atoms with E-state index in [9.17, 15) is 4.79 Å². The molecule has 0 radical (unpaired) electrons. The van der Waals surface area contributed by atoms with Crippen molar-refractivity contribution in [1.82, 2.24) is 25.6 Å². The topological polar surface area (TPSA) is 71.8 Å². The number of rotatable bonds is 2. The first kappa shape index (κ1) is 13.1. The summed E-state index contributed by atoms with van der Waals surface area (Å²) < 4.78 is 1.70. The lowest BCUT2D eigenvalue weighted by atomic mass is 9.95. The van der Waals surface area contributed by atoms with Crippen LogP contribution in [0.25, 0.3) is 11.0 Å². The van der Waals surface area contributed by atoms with E-state index in [1.54, 1.807) is 10.7 Å². The van der Waals surface area contributed by atoms with Crippen molar-refractivity contribution in [2.24, 2.45) is 13.0 Å². The molecule has 1 amide bonds. The SMILES string of the molecule is CC1CNCCC1NC(=O)c1ccc2c(c1)nnn2C. The maximum Gasteiger partial charge on any atom is 0.251 e. The van der Waals surface area contributed by atoms with Crippen LogP contribution in [0.4, 0.5) is 0 Å². The largest absolute Gasteiger partial charge is 0.349 e. The van der Waals surface area contributed by atoms with Crippen LogP contribution >= 0.6 is 0 Å². The van der Waals surface area contributed by atoms with Gasteiger partial charge < -0.3 is 10.6 Å². The zero-order valence-electron chi connectivity index (χ0n) is 11.8. The molecule has 0 aliphatic carbocycles. The fourth-order valence-electron chi connectivity index (χ4n) is 2.66. The molecule has 2 atom stereocenters. The van der Waals surface area contributed by atoms with E-state index in [0.29, 0.717) is 11.5 Å². The number of hydrogen-bond donors (Lipinski definition) is 2. The average Bonchev–Trinajstić information content (AvgIpc) is 2.82. The maximum atomic E-state index is 12.3. The van der Waals surface area contributed by atoms with Crippen LogP contribution in [-0.4, -0.2) is 40.0 Å². The van der Waals surface area contributed by atoms with Crippen LogP contribution in [0.3, 0.4) is 0 Å². The third kappa shape index (κ3) is 2.38. The van der Waals surface area contributed by atoms with Gasteiger partial charge in [-0.1, -0.05) is 12.1 Å². The lowest BCUT2D eigenvalue weighted by Crippen LogP contribution is -2.48. The van der Waals surface area contributed by atoms with Crippen molar-refractivity contribution in [2.75, 3.05) is 13.1 Å². The first-order valence-electron chi connectivity index (χ1n) is 6.96. The summed E-state index contributed by atoms with van der Waals surface area (Å²) in [4.78, 5) is 12.3. The Kier molecular flexibility index (Phi) is 3.40. The van der Waals surface area contributed by atoms with Crippen LogP contribution in [0, 0.1) is 5.92 Å². The summed E-state index contributed by atoms with van der Waals surface area (Å²) in [5.41, 5.74) is 2.32. The van der Waals surface area contributed by atoms with Crippen molar-refractivity contribution < 1.29 is 4.79 Å². The normalized spacial score (nSPS) is 22.9. The van der Waals surface area contributed by atoms with Gasteiger partial charge in [-0.15, -0.1) is 5.10 Å². The third-order valence-electron chi connectivity index (χ3n) is 3.97. The summed E-state index contributed by atoms with van der Waals surface area (Å²) in [6, 6.07) is 5.74. The first-order chi connectivity index (χ1) is 9.65. The first-order valence-corrected chi connectivity index (χ1v) is 6.96. The van der Waals surface area contributed by atoms with Crippen LogP contribution in [-0.2, 0) is 7.05 Å². The van der Waals surface area contributed by atoms with Crippen molar-refractivity contribution in [2.45, 2.75) is 19.4 Å². The Hall–Kier alpha value is -1.95. The maximum absolute atomic E-state index is 12.3. The second-order valence-electron chi connectivity index (χ2n) is 5.47. The van der Waals surface area contributed by atoms with E-state index < -0.39 is 0 Å². The molecule has 1 aliphatic heterocycles. The summed E-state index contributed by atoms with van der Waals surface area (Å²) in [7, 11) is 1.84. The minimum atomic E-state index is -0.0312. The summed E-state index contributed by atoms with van der Waals surface area (Å²) in [6.45, 7) is 4.07. The molecule has 2 aromatic rings. The molecule has 1 aliphatic rings. The van der Waals surface area contributed by atoms with Crippen molar-refractivity contribution >= 4 is 16.9 Å². The quantitative estimate of drug-likeness (QED) is 0.845. The van der Waals surface area contributed by atoms with Gasteiger partial charge >= 0.3 is 0 Å². The van der Waals surface area contributed by atoms with Gasteiger partial charge in [-0.3, -0.25) is 4.79 Å². The van der Waals surface area contributed by atoms with Gasteiger partial charge in [0.15, 0.2) is 0 Å². The minimum absolute atomic E-state index is 0.0312. The Bertz CT molecular complexity index is 636. The van der Waals surface area contributed by atoms with Gasteiger partial charge in [0.1, 0.15) is 5.52 Å². The minimum Gasteiger partial charge on any atom is -0.349 e. The van der Waals surface area contributed by atoms with E-state index in [2.05, 4.69) is 27.9 Å². The molecular formula is C14H19N5O. The summed E-state index contributed by atoms with van der Waals surface area (Å²) in [5, 5.41) is 14.5. The molecule has 0 spiro atoms. The summed E-state index contributed by atoms with van der Waals surface area (Å²) in [6.07, 6.45) is 0.973. The Balaban J connectivity index is 1.78. The van der Waals surface area contributed by atoms with E-state index >= 15 is 0 Å². The van der Waals surface area contributed by atoms with Crippen LogP contribution < -0.4 is 10.6 Å².